The first-order valence-electron chi connectivity index (χ1n) is 5.23. The molecular formula is C12H17NOS. The number of benzene rings is 1. The van der Waals surface area contributed by atoms with Gasteiger partial charge in [0.1, 0.15) is 5.75 Å². The third kappa shape index (κ3) is 4.30. The fraction of sp³-hybridized carbons (Fsp3) is 0.417. The van der Waals surface area contributed by atoms with Crippen molar-refractivity contribution in [2.24, 2.45) is 5.73 Å². The van der Waals surface area contributed by atoms with E-state index < -0.39 is 0 Å². The van der Waals surface area contributed by atoms with Crippen molar-refractivity contribution in [3.05, 3.63) is 29.8 Å². The van der Waals surface area contributed by atoms with Gasteiger partial charge in [-0.25, -0.2) is 0 Å². The molecule has 0 aliphatic rings. The summed E-state index contributed by atoms with van der Waals surface area (Å²) < 4.78 is 5.66. The van der Waals surface area contributed by atoms with Crippen molar-refractivity contribution in [3.63, 3.8) is 0 Å². The first kappa shape index (κ1) is 12.0. The van der Waals surface area contributed by atoms with Gasteiger partial charge in [0.15, 0.2) is 0 Å². The molecule has 0 saturated heterocycles. The summed E-state index contributed by atoms with van der Waals surface area (Å²) in [6.07, 6.45) is 2.63. The lowest BCUT2D eigenvalue weighted by molar-refractivity contribution is 0.311. The van der Waals surface area contributed by atoms with E-state index in [0.29, 0.717) is 11.6 Å². The predicted octanol–water partition coefficient (Wildman–Crippen LogP) is 2.69. The Hall–Kier alpha value is -1.09. The minimum Gasteiger partial charge on any atom is -0.493 e. The molecule has 82 valence electrons. The lowest BCUT2D eigenvalue weighted by Crippen LogP contribution is -2.09. The molecule has 0 spiro atoms. The van der Waals surface area contributed by atoms with E-state index in [1.54, 1.807) is 0 Å². The number of rotatable bonds is 6. The van der Waals surface area contributed by atoms with E-state index in [1.165, 1.54) is 5.56 Å². The van der Waals surface area contributed by atoms with E-state index in [-0.39, 0.29) is 0 Å². The van der Waals surface area contributed by atoms with Gasteiger partial charge in [-0.3, -0.25) is 0 Å². The van der Waals surface area contributed by atoms with Crippen LogP contribution in [0.3, 0.4) is 0 Å². The predicted molar refractivity (Wildman–Crippen MR) is 67.3 cm³/mol. The molecule has 0 unspecified atom stereocenters. The highest BCUT2D eigenvalue weighted by atomic mass is 32.1. The zero-order valence-corrected chi connectivity index (χ0v) is 9.85. The quantitative estimate of drug-likeness (QED) is 0.595. The Morgan fingerprint density at radius 2 is 2.13 bits per heavy atom. The van der Waals surface area contributed by atoms with E-state index in [1.807, 2.05) is 18.2 Å². The van der Waals surface area contributed by atoms with Crippen molar-refractivity contribution >= 4 is 17.2 Å². The summed E-state index contributed by atoms with van der Waals surface area (Å²) in [5.74, 6) is 0.975. The fourth-order valence-electron chi connectivity index (χ4n) is 1.37. The van der Waals surface area contributed by atoms with E-state index in [0.717, 1.165) is 25.0 Å². The van der Waals surface area contributed by atoms with Crippen LogP contribution in [0.15, 0.2) is 24.3 Å². The van der Waals surface area contributed by atoms with E-state index in [2.05, 4.69) is 13.0 Å². The molecule has 0 amide bonds. The van der Waals surface area contributed by atoms with Crippen molar-refractivity contribution in [1.82, 2.24) is 0 Å². The Labute approximate surface area is 96.4 Å². The van der Waals surface area contributed by atoms with Crippen LogP contribution in [0.1, 0.15) is 25.3 Å². The molecule has 1 rings (SSSR count). The molecule has 0 heterocycles. The van der Waals surface area contributed by atoms with Crippen molar-refractivity contribution < 1.29 is 4.74 Å². The Bertz CT molecular complexity index is 325. The Kier molecular flexibility index (Phi) is 5.12. The van der Waals surface area contributed by atoms with E-state index in [4.69, 9.17) is 22.7 Å². The molecule has 15 heavy (non-hydrogen) atoms. The van der Waals surface area contributed by atoms with Gasteiger partial charge in [0.05, 0.1) is 11.6 Å². The van der Waals surface area contributed by atoms with Crippen LogP contribution in [-0.4, -0.2) is 11.6 Å². The summed E-state index contributed by atoms with van der Waals surface area (Å²) in [4.78, 5) is 0.558. The molecule has 0 fully saturated rings. The van der Waals surface area contributed by atoms with Crippen molar-refractivity contribution in [2.75, 3.05) is 6.61 Å². The molecule has 0 aromatic heterocycles. The van der Waals surface area contributed by atoms with Crippen LogP contribution < -0.4 is 10.5 Å². The second kappa shape index (κ2) is 6.40. The molecular weight excluding hydrogens is 206 g/mol. The first-order chi connectivity index (χ1) is 7.24. The Morgan fingerprint density at radius 1 is 1.40 bits per heavy atom. The van der Waals surface area contributed by atoms with Gasteiger partial charge in [-0.15, -0.1) is 0 Å². The van der Waals surface area contributed by atoms with Gasteiger partial charge in [-0.1, -0.05) is 37.3 Å². The maximum Gasteiger partial charge on any atom is 0.122 e. The molecule has 3 heteroatoms. The van der Waals surface area contributed by atoms with Crippen LogP contribution in [0.5, 0.6) is 5.75 Å². The third-order valence-corrected chi connectivity index (χ3v) is 2.38. The molecule has 0 bridgehead atoms. The monoisotopic (exact) mass is 223 g/mol. The lowest BCUT2D eigenvalue weighted by atomic mass is 10.1. The van der Waals surface area contributed by atoms with Gasteiger partial charge in [-0.2, -0.15) is 0 Å². The van der Waals surface area contributed by atoms with E-state index in [9.17, 15) is 0 Å². The maximum atomic E-state index is 5.66. The number of ether oxygens (including phenoxy) is 1. The lowest BCUT2D eigenvalue weighted by Gasteiger charge is -2.09. The SMILES string of the molecule is CCc1ccccc1OCCCC(N)=S. The van der Waals surface area contributed by atoms with Crippen molar-refractivity contribution in [3.8, 4) is 5.75 Å². The summed E-state index contributed by atoms with van der Waals surface area (Å²) in [6, 6.07) is 8.10. The van der Waals surface area contributed by atoms with Gasteiger partial charge in [-0.05, 0) is 24.5 Å². The van der Waals surface area contributed by atoms with Crippen LogP contribution >= 0.6 is 12.2 Å². The van der Waals surface area contributed by atoms with Crippen LogP contribution in [0, 0.1) is 0 Å². The second-order valence-corrected chi connectivity index (χ2v) is 3.90. The minimum atomic E-state index is 0.558. The number of aryl methyl sites for hydroxylation is 1. The standard InChI is InChI=1S/C12H17NOS/c1-2-10-6-3-4-7-11(10)14-9-5-8-12(13)15/h3-4,6-7H,2,5,8-9H2,1H3,(H2,13,15). The summed E-state index contributed by atoms with van der Waals surface area (Å²) in [5, 5.41) is 0. The maximum absolute atomic E-state index is 5.66. The molecule has 1 aromatic carbocycles. The molecule has 0 atom stereocenters. The first-order valence-corrected chi connectivity index (χ1v) is 5.64. The molecule has 2 N–H and O–H groups in total. The average Bonchev–Trinajstić information content (AvgIpc) is 2.24. The summed E-state index contributed by atoms with van der Waals surface area (Å²) in [7, 11) is 0. The normalized spacial score (nSPS) is 9.93. The average molecular weight is 223 g/mol. The molecule has 1 aromatic rings. The molecule has 0 aliphatic heterocycles. The van der Waals surface area contributed by atoms with E-state index >= 15 is 0 Å². The zero-order valence-electron chi connectivity index (χ0n) is 9.03. The smallest absolute Gasteiger partial charge is 0.122 e. The number of hydrogen-bond donors (Lipinski definition) is 1. The second-order valence-electron chi connectivity index (χ2n) is 3.38. The minimum absolute atomic E-state index is 0.558. The highest BCUT2D eigenvalue weighted by molar-refractivity contribution is 7.80. The third-order valence-electron chi connectivity index (χ3n) is 2.18. The molecule has 0 saturated carbocycles. The van der Waals surface area contributed by atoms with Crippen LogP contribution in [0.4, 0.5) is 0 Å². The topological polar surface area (TPSA) is 35.2 Å². The number of nitrogens with two attached hydrogens (primary N) is 1. The van der Waals surface area contributed by atoms with Crippen LogP contribution in [0.25, 0.3) is 0 Å². The molecule has 0 radical (unpaired) electrons. The van der Waals surface area contributed by atoms with Crippen molar-refractivity contribution in [2.45, 2.75) is 26.2 Å². The zero-order chi connectivity index (χ0) is 11.1. The summed E-state index contributed by atoms with van der Waals surface area (Å²) in [5.41, 5.74) is 6.65. The van der Waals surface area contributed by atoms with Crippen molar-refractivity contribution in [1.29, 1.82) is 0 Å². The summed E-state index contributed by atoms with van der Waals surface area (Å²) in [6.45, 7) is 2.80. The van der Waals surface area contributed by atoms with Gasteiger partial charge >= 0.3 is 0 Å². The number of hydrogen-bond acceptors (Lipinski definition) is 2. The Morgan fingerprint density at radius 3 is 2.80 bits per heavy atom. The van der Waals surface area contributed by atoms with Gasteiger partial charge in [0, 0.05) is 6.42 Å². The molecule has 2 nitrogen and oxygen atoms in total. The fourth-order valence-corrected chi connectivity index (χ4v) is 1.51. The number of para-hydroxylation sites is 1. The van der Waals surface area contributed by atoms with Gasteiger partial charge in [0.25, 0.3) is 0 Å². The van der Waals surface area contributed by atoms with Crippen LogP contribution in [0.2, 0.25) is 0 Å². The molecule has 0 aliphatic carbocycles. The van der Waals surface area contributed by atoms with Gasteiger partial charge < -0.3 is 10.5 Å². The van der Waals surface area contributed by atoms with Gasteiger partial charge in [0.2, 0.25) is 0 Å². The van der Waals surface area contributed by atoms with Crippen LogP contribution in [-0.2, 0) is 6.42 Å². The number of thiocarbonyl (C=S) groups is 1. The highest BCUT2D eigenvalue weighted by Gasteiger charge is 2.00. The highest BCUT2D eigenvalue weighted by Crippen LogP contribution is 2.18. The Balaban J connectivity index is 2.39. The summed E-state index contributed by atoms with van der Waals surface area (Å²) >= 11 is 4.80. The largest absolute Gasteiger partial charge is 0.493 e.